The molecule has 1 N–H and O–H groups in total. The molecule has 0 heterocycles. The Morgan fingerprint density at radius 1 is 1.07 bits per heavy atom. The highest BCUT2D eigenvalue weighted by Gasteiger charge is 2.27. The van der Waals surface area contributed by atoms with Crippen molar-refractivity contribution in [2.45, 2.75) is 31.2 Å². The Kier molecular flexibility index (Phi) is 7.42. The number of hydrogen-bond donors (Lipinski definition) is 1. The summed E-state index contributed by atoms with van der Waals surface area (Å²) in [5.41, 5.74) is 1.68. The summed E-state index contributed by atoms with van der Waals surface area (Å²) in [6.07, 6.45) is -0.136. The zero-order valence-electron chi connectivity index (χ0n) is 16.4. The van der Waals surface area contributed by atoms with Crippen LogP contribution in [0.1, 0.15) is 30.5 Å². The predicted molar refractivity (Wildman–Crippen MR) is 105 cm³/mol. The fourth-order valence-corrected chi connectivity index (χ4v) is 4.07. The van der Waals surface area contributed by atoms with E-state index >= 15 is 0 Å². The summed E-state index contributed by atoms with van der Waals surface area (Å²) in [4.78, 5) is 12.0. The van der Waals surface area contributed by atoms with E-state index in [-0.39, 0.29) is 23.7 Å². The van der Waals surface area contributed by atoms with E-state index in [1.807, 2.05) is 19.1 Å². The van der Waals surface area contributed by atoms with Crippen LogP contribution in [0.2, 0.25) is 0 Å². The molecule has 0 saturated carbocycles. The minimum Gasteiger partial charge on any atom is -0.497 e. The molecule has 7 nitrogen and oxygen atoms in total. The number of methoxy groups -OCH3 is 2. The Morgan fingerprint density at radius 3 is 2.32 bits per heavy atom. The van der Waals surface area contributed by atoms with E-state index in [1.165, 1.54) is 26.4 Å². The number of aryl methyl sites for hydroxylation is 1. The summed E-state index contributed by atoms with van der Waals surface area (Å²) in [7, 11) is -1.18. The van der Waals surface area contributed by atoms with Gasteiger partial charge < -0.3 is 14.2 Å². The van der Waals surface area contributed by atoms with Gasteiger partial charge in [-0.1, -0.05) is 29.8 Å². The van der Waals surface area contributed by atoms with Crippen LogP contribution in [-0.4, -0.2) is 35.2 Å². The van der Waals surface area contributed by atoms with Gasteiger partial charge in [0.05, 0.1) is 33.3 Å². The highest BCUT2D eigenvalue weighted by Crippen LogP contribution is 2.30. The molecule has 0 radical (unpaired) electrons. The van der Waals surface area contributed by atoms with Crippen LogP contribution in [0.25, 0.3) is 0 Å². The van der Waals surface area contributed by atoms with Crippen LogP contribution < -0.4 is 14.2 Å². The van der Waals surface area contributed by atoms with E-state index in [9.17, 15) is 13.2 Å². The van der Waals surface area contributed by atoms with E-state index in [2.05, 4.69) is 4.72 Å². The lowest BCUT2D eigenvalue weighted by Gasteiger charge is -2.20. The summed E-state index contributed by atoms with van der Waals surface area (Å²) in [6.45, 7) is 3.84. The first kappa shape index (κ1) is 21.7. The SMILES string of the molecule is CCOC(=O)CC(NS(=O)(=O)c1cc(OC)ccc1OC)c1ccc(C)cc1. The molecule has 0 amide bonds. The maximum atomic E-state index is 13.1. The summed E-state index contributed by atoms with van der Waals surface area (Å²) >= 11 is 0. The van der Waals surface area contributed by atoms with Crippen molar-refractivity contribution in [1.82, 2.24) is 4.72 Å². The Labute approximate surface area is 165 Å². The second kappa shape index (κ2) is 9.57. The molecule has 2 rings (SSSR count). The quantitative estimate of drug-likeness (QED) is 0.643. The van der Waals surface area contributed by atoms with Gasteiger partial charge in [-0.2, -0.15) is 0 Å². The Hall–Kier alpha value is -2.58. The average Bonchev–Trinajstić information content (AvgIpc) is 2.67. The molecule has 2 aromatic rings. The van der Waals surface area contributed by atoms with Crippen molar-refractivity contribution < 1.29 is 27.4 Å². The molecule has 2 aromatic carbocycles. The van der Waals surface area contributed by atoms with E-state index in [4.69, 9.17) is 14.2 Å². The molecular formula is C20H25NO6S. The molecule has 0 fully saturated rings. The highest BCUT2D eigenvalue weighted by atomic mass is 32.2. The number of rotatable bonds is 9. The third-order valence-corrected chi connectivity index (χ3v) is 5.61. The molecule has 0 aromatic heterocycles. The summed E-state index contributed by atoms with van der Waals surface area (Å²) < 4.78 is 44.1. The van der Waals surface area contributed by atoms with Crippen LogP contribution in [0.5, 0.6) is 11.5 Å². The van der Waals surface area contributed by atoms with E-state index in [0.717, 1.165) is 5.56 Å². The van der Waals surface area contributed by atoms with Crippen molar-refractivity contribution in [1.29, 1.82) is 0 Å². The molecule has 0 spiro atoms. The van der Waals surface area contributed by atoms with Crippen LogP contribution in [0.15, 0.2) is 47.4 Å². The third kappa shape index (κ3) is 5.46. The van der Waals surface area contributed by atoms with Crippen LogP contribution in [0, 0.1) is 6.92 Å². The van der Waals surface area contributed by atoms with Crippen molar-refractivity contribution >= 4 is 16.0 Å². The Balaban J connectivity index is 2.41. The highest BCUT2D eigenvalue weighted by molar-refractivity contribution is 7.89. The zero-order valence-corrected chi connectivity index (χ0v) is 17.2. The number of sulfonamides is 1. The smallest absolute Gasteiger partial charge is 0.307 e. The van der Waals surface area contributed by atoms with Crippen molar-refractivity contribution in [2.24, 2.45) is 0 Å². The molecule has 0 aliphatic rings. The van der Waals surface area contributed by atoms with Crippen LogP contribution in [-0.2, 0) is 19.6 Å². The Bertz CT molecular complexity index is 909. The van der Waals surface area contributed by atoms with Crippen LogP contribution in [0.3, 0.4) is 0 Å². The standard InChI is InChI=1S/C20H25NO6S/c1-5-27-20(22)13-17(15-8-6-14(2)7-9-15)21-28(23,24)19-12-16(25-3)10-11-18(19)26-4/h6-12,17,21H,5,13H2,1-4H3. The van der Waals surface area contributed by atoms with E-state index in [0.29, 0.717) is 11.3 Å². The first-order chi connectivity index (χ1) is 13.3. The monoisotopic (exact) mass is 407 g/mol. The lowest BCUT2D eigenvalue weighted by Crippen LogP contribution is -2.31. The zero-order chi connectivity index (χ0) is 20.7. The molecule has 0 bridgehead atoms. The van der Waals surface area contributed by atoms with Gasteiger partial charge in [-0.05, 0) is 31.5 Å². The number of esters is 1. The summed E-state index contributed by atoms with van der Waals surface area (Å²) in [6, 6.07) is 11.0. The number of nitrogens with one attached hydrogen (secondary N) is 1. The fraction of sp³-hybridized carbons (Fsp3) is 0.350. The molecular weight excluding hydrogens is 382 g/mol. The minimum absolute atomic E-state index is 0.0738. The molecule has 0 aliphatic heterocycles. The minimum atomic E-state index is -4.02. The number of carbonyl (C=O) groups excluding carboxylic acids is 1. The third-order valence-electron chi connectivity index (χ3n) is 4.11. The van der Waals surface area contributed by atoms with Gasteiger partial charge in [-0.15, -0.1) is 0 Å². The van der Waals surface area contributed by atoms with Gasteiger partial charge in [0, 0.05) is 6.07 Å². The molecule has 0 saturated heterocycles. The van der Waals surface area contributed by atoms with Crippen molar-refractivity contribution in [3.8, 4) is 11.5 Å². The number of benzene rings is 2. The topological polar surface area (TPSA) is 90.9 Å². The second-order valence-electron chi connectivity index (χ2n) is 6.11. The van der Waals surface area contributed by atoms with Crippen molar-refractivity contribution in [3.63, 3.8) is 0 Å². The molecule has 0 aliphatic carbocycles. The molecule has 1 atom stereocenters. The van der Waals surface area contributed by atoms with E-state index < -0.39 is 22.0 Å². The van der Waals surface area contributed by atoms with Gasteiger partial charge in [0.2, 0.25) is 10.0 Å². The first-order valence-electron chi connectivity index (χ1n) is 8.77. The average molecular weight is 407 g/mol. The van der Waals surface area contributed by atoms with Crippen LogP contribution >= 0.6 is 0 Å². The van der Waals surface area contributed by atoms with Gasteiger partial charge in [0.15, 0.2) is 0 Å². The first-order valence-corrected chi connectivity index (χ1v) is 10.3. The van der Waals surface area contributed by atoms with Crippen LogP contribution in [0.4, 0.5) is 0 Å². The van der Waals surface area contributed by atoms with Gasteiger partial charge in [-0.25, -0.2) is 13.1 Å². The number of ether oxygens (including phenoxy) is 3. The molecule has 8 heteroatoms. The van der Waals surface area contributed by atoms with Gasteiger partial charge in [0.1, 0.15) is 16.4 Å². The second-order valence-corrected chi connectivity index (χ2v) is 7.79. The van der Waals surface area contributed by atoms with E-state index in [1.54, 1.807) is 25.1 Å². The largest absolute Gasteiger partial charge is 0.497 e. The summed E-state index contributed by atoms with van der Waals surface area (Å²) in [5, 5.41) is 0. The maximum absolute atomic E-state index is 13.1. The predicted octanol–water partition coefficient (Wildman–Crippen LogP) is 2.99. The Morgan fingerprint density at radius 2 is 1.75 bits per heavy atom. The van der Waals surface area contributed by atoms with Gasteiger partial charge in [-0.3, -0.25) is 4.79 Å². The normalized spacial score (nSPS) is 12.3. The number of carbonyl (C=O) groups is 1. The lowest BCUT2D eigenvalue weighted by molar-refractivity contribution is -0.143. The number of hydrogen-bond acceptors (Lipinski definition) is 6. The van der Waals surface area contributed by atoms with Crippen molar-refractivity contribution in [3.05, 3.63) is 53.6 Å². The summed E-state index contributed by atoms with van der Waals surface area (Å²) in [5.74, 6) is 0.0546. The van der Waals surface area contributed by atoms with Gasteiger partial charge in [0.25, 0.3) is 0 Å². The fourth-order valence-electron chi connectivity index (χ4n) is 2.66. The molecule has 1 unspecified atom stereocenters. The maximum Gasteiger partial charge on any atom is 0.307 e. The van der Waals surface area contributed by atoms with Crippen molar-refractivity contribution in [2.75, 3.05) is 20.8 Å². The van der Waals surface area contributed by atoms with Gasteiger partial charge >= 0.3 is 5.97 Å². The molecule has 152 valence electrons. The molecule has 28 heavy (non-hydrogen) atoms. The lowest BCUT2D eigenvalue weighted by atomic mass is 10.0.